The average Bonchev–Trinajstić information content (AvgIpc) is 2.40. The molecule has 0 spiro atoms. The highest BCUT2D eigenvalue weighted by molar-refractivity contribution is 5.70. The molecule has 0 saturated heterocycles. The standard InChI is InChI=1S/C15H12F2O2/c16-13-7-5-11(9-14(13)17)12-4-2-1-3-10(12)6-8-15(18)19/h1-5,7,9H,6,8H2,(H,18,19). The Balaban J connectivity index is 2.38. The first-order chi connectivity index (χ1) is 9.08. The molecule has 0 amide bonds. The number of aliphatic carboxylic acids is 1. The zero-order chi connectivity index (χ0) is 13.8. The number of aryl methyl sites for hydroxylation is 1. The topological polar surface area (TPSA) is 37.3 Å². The molecule has 2 nitrogen and oxygen atoms in total. The van der Waals surface area contributed by atoms with Crippen LogP contribution in [0.4, 0.5) is 8.78 Å². The van der Waals surface area contributed by atoms with Gasteiger partial charge >= 0.3 is 5.97 Å². The van der Waals surface area contributed by atoms with Crippen LogP contribution >= 0.6 is 0 Å². The van der Waals surface area contributed by atoms with Gasteiger partial charge in [0, 0.05) is 6.42 Å². The average molecular weight is 262 g/mol. The third-order valence-corrected chi connectivity index (χ3v) is 2.86. The van der Waals surface area contributed by atoms with Gasteiger partial charge in [0.15, 0.2) is 11.6 Å². The summed E-state index contributed by atoms with van der Waals surface area (Å²) < 4.78 is 26.2. The van der Waals surface area contributed by atoms with Crippen LogP contribution in [0.3, 0.4) is 0 Å². The van der Waals surface area contributed by atoms with Gasteiger partial charge < -0.3 is 5.11 Å². The van der Waals surface area contributed by atoms with Crippen LogP contribution in [-0.2, 0) is 11.2 Å². The summed E-state index contributed by atoms with van der Waals surface area (Å²) >= 11 is 0. The number of carboxylic acid groups (broad SMARTS) is 1. The van der Waals surface area contributed by atoms with Crippen molar-refractivity contribution >= 4 is 5.97 Å². The second-order valence-electron chi connectivity index (χ2n) is 4.18. The van der Waals surface area contributed by atoms with Gasteiger partial charge in [-0.25, -0.2) is 8.78 Å². The van der Waals surface area contributed by atoms with Crippen molar-refractivity contribution in [3.05, 3.63) is 59.7 Å². The predicted molar refractivity (Wildman–Crippen MR) is 67.8 cm³/mol. The molecule has 0 saturated carbocycles. The van der Waals surface area contributed by atoms with Gasteiger partial charge in [-0.05, 0) is 35.2 Å². The lowest BCUT2D eigenvalue weighted by atomic mass is 9.96. The third kappa shape index (κ3) is 3.16. The van der Waals surface area contributed by atoms with Crippen molar-refractivity contribution in [3.63, 3.8) is 0 Å². The molecule has 0 heterocycles. The van der Waals surface area contributed by atoms with E-state index in [1.54, 1.807) is 24.3 Å². The van der Waals surface area contributed by atoms with Gasteiger partial charge in [-0.15, -0.1) is 0 Å². The zero-order valence-electron chi connectivity index (χ0n) is 10.1. The number of hydrogen-bond donors (Lipinski definition) is 1. The predicted octanol–water partition coefficient (Wildman–Crippen LogP) is 3.65. The fraction of sp³-hybridized carbons (Fsp3) is 0.133. The second-order valence-corrected chi connectivity index (χ2v) is 4.18. The van der Waals surface area contributed by atoms with Gasteiger partial charge in [-0.1, -0.05) is 30.3 Å². The molecular formula is C15H12F2O2. The molecule has 19 heavy (non-hydrogen) atoms. The lowest BCUT2D eigenvalue weighted by Crippen LogP contribution is -1.99. The Morgan fingerprint density at radius 2 is 1.79 bits per heavy atom. The van der Waals surface area contributed by atoms with E-state index >= 15 is 0 Å². The monoisotopic (exact) mass is 262 g/mol. The maximum absolute atomic E-state index is 13.2. The summed E-state index contributed by atoms with van der Waals surface area (Å²) in [6.07, 6.45) is 0.352. The van der Waals surface area contributed by atoms with Crippen LogP contribution in [0.2, 0.25) is 0 Å². The summed E-state index contributed by atoms with van der Waals surface area (Å²) in [5.74, 6) is -2.70. The Hall–Kier alpha value is -2.23. The summed E-state index contributed by atoms with van der Waals surface area (Å²) in [7, 11) is 0. The molecule has 0 atom stereocenters. The van der Waals surface area contributed by atoms with Gasteiger partial charge in [-0.2, -0.15) is 0 Å². The molecule has 1 N–H and O–H groups in total. The van der Waals surface area contributed by atoms with Crippen LogP contribution < -0.4 is 0 Å². The minimum absolute atomic E-state index is 0.000685. The number of rotatable bonds is 4. The first kappa shape index (κ1) is 13.2. The summed E-state index contributed by atoms with van der Waals surface area (Å²) in [5, 5.41) is 8.71. The number of hydrogen-bond acceptors (Lipinski definition) is 1. The van der Waals surface area contributed by atoms with Crippen molar-refractivity contribution in [2.24, 2.45) is 0 Å². The van der Waals surface area contributed by atoms with Crippen molar-refractivity contribution in [3.8, 4) is 11.1 Å². The minimum atomic E-state index is -0.912. The SMILES string of the molecule is O=C(O)CCc1ccccc1-c1ccc(F)c(F)c1. The Morgan fingerprint density at radius 3 is 2.47 bits per heavy atom. The van der Waals surface area contributed by atoms with Gasteiger partial charge in [0.25, 0.3) is 0 Å². The molecule has 0 aliphatic heterocycles. The smallest absolute Gasteiger partial charge is 0.303 e. The van der Waals surface area contributed by atoms with Crippen molar-refractivity contribution < 1.29 is 18.7 Å². The van der Waals surface area contributed by atoms with E-state index in [2.05, 4.69) is 0 Å². The molecule has 2 aromatic rings. The maximum Gasteiger partial charge on any atom is 0.303 e. The molecule has 2 aromatic carbocycles. The Labute approximate surface area is 109 Å². The largest absolute Gasteiger partial charge is 0.481 e. The van der Waals surface area contributed by atoms with E-state index in [9.17, 15) is 13.6 Å². The molecular weight excluding hydrogens is 250 g/mol. The Kier molecular flexibility index (Phi) is 3.90. The fourth-order valence-corrected chi connectivity index (χ4v) is 1.93. The molecule has 4 heteroatoms. The number of carbonyl (C=O) groups is 1. The molecule has 0 aliphatic rings. The van der Waals surface area contributed by atoms with E-state index in [0.29, 0.717) is 12.0 Å². The number of carboxylic acids is 1. The van der Waals surface area contributed by atoms with E-state index in [-0.39, 0.29) is 6.42 Å². The first-order valence-corrected chi connectivity index (χ1v) is 5.83. The van der Waals surface area contributed by atoms with Crippen molar-refractivity contribution in [2.45, 2.75) is 12.8 Å². The van der Waals surface area contributed by atoms with E-state index in [1.807, 2.05) is 0 Å². The van der Waals surface area contributed by atoms with E-state index in [1.165, 1.54) is 6.07 Å². The Bertz CT molecular complexity index is 609. The first-order valence-electron chi connectivity index (χ1n) is 5.83. The third-order valence-electron chi connectivity index (χ3n) is 2.86. The highest BCUT2D eigenvalue weighted by atomic mass is 19.2. The summed E-state index contributed by atoms with van der Waals surface area (Å²) in [4.78, 5) is 10.6. The molecule has 98 valence electrons. The lowest BCUT2D eigenvalue weighted by molar-refractivity contribution is -0.136. The quantitative estimate of drug-likeness (QED) is 0.913. The maximum atomic E-state index is 13.2. The number of benzene rings is 2. The zero-order valence-corrected chi connectivity index (χ0v) is 10.1. The highest BCUT2D eigenvalue weighted by Crippen LogP contribution is 2.26. The van der Waals surface area contributed by atoms with Gasteiger partial charge in [0.05, 0.1) is 0 Å². The second kappa shape index (κ2) is 5.61. The molecule has 0 aliphatic carbocycles. The molecule has 0 aromatic heterocycles. The van der Waals surface area contributed by atoms with Gasteiger partial charge in [0.1, 0.15) is 0 Å². The van der Waals surface area contributed by atoms with Crippen LogP contribution in [0, 0.1) is 11.6 Å². The van der Waals surface area contributed by atoms with Gasteiger partial charge in [0.2, 0.25) is 0 Å². The number of halogens is 2. The summed E-state index contributed by atoms with van der Waals surface area (Å²) in [6.45, 7) is 0. The van der Waals surface area contributed by atoms with Crippen LogP contribution in [0.5, 0.6) is 0 Å². The van der Waals surface area contributed by atoms with E-state index < -0.39 is 17.6 Å². The van der Waals surface area contributed by atoms with Gasteiger partial charge in [-0.3, -0.25) is 4.79 Å². The molecule has 2 rings (SSSR count). The summed E-state index contributed by atoms with van der Waals surface area (Å²) in [5.41, 5.74) is 2.07. The normalized spacial score (nSPS) is 10.4. The fourth-order valence-electron chi connectivity index (χ4n) is 1.93. The minimum Gasteiger partial charge on any atom is -0.481 e. The van der Waals surface area contributed by atoms with Crippen molar-refractivity contribution in [2.75, 3.05) is 0 Å². The van der Waals surface area contributed by atoms with Crippen molar-refractivity contribution in [1.82, 2.24) is 0 Å². The molecule has 0 radical (unpaired) electrons. The van der Waals surface area contributed by atoms with Crippen LogP contribution in [0.1, 0.15) is 12.0 Å². The van der Waals surface area contributed by atoms with Crippen LogP contribution in [0.25, 0.3) is 11.1 Å². The summed E-state index contributed by atoms with van der Waals surface area (Å²) in [6, 6.07) is 10.8. The van der Waals surface area contributed by atoms with Crippen molar-refractivity contribution in [1.29, 1.82) is 0 Å². The molecule has 0 unspecified atom stereocenters. The lowest BCUT2D eigenvalue weighted by Gasteiger charge is -2.09. The van der Waals surface area contributed by atoms with Crippen LogP contribution in [0.15, 0.2) is 42.5 Å². The molecule has 0 fully saturated rings. The van der Waals surface area contributed by atoms with E-state index in [4.69, 9.17) is 5.11 Å². The van der Waals surface area contributed by atoms with Crippen LogP contribution in [-0.4, -0.2) is 11.1 Å². The molecule has 0 bridgehead atoms. The highest BCUT2D eigenvalue weighted by Gasteiger charge is 2.09. The van der Waals surface area contributed by atoms with E-state index in [0.717, 1.165) is 23.3 Å². The Morgan fingerprint density at radius 1 is 1.05 bits per heavy atom.